The Morgan fingerprint density at radius 2 is 2.00 bits per heavy atom. The highest BCUT2D eigenvalue weighted by molar-refractivity contribution is 5.80. The first kappa shape index (κ1) is 11.0. The van der Waals surface area contributed by atoms with Crippen molar-refractivity contribution in [2.75, 3.05) is 0 Å². The van der Waals surface area contributed by atoms with Gasteiger partial charge in [-0.3, -0.25) is 4.98 Å². The van der Waals surface area contributed by atoms with Crippen LogP contribution in [0.5, 0.6) is 0 Å². The van der Waals surface area contributed by atoms with Gasteiger partial charge in [0, 0.05) is 29.5 Å². The average Bonchev–Trinajstić information content (AvgIpc) is 2.81. The molecule has 1 N–H and O–H groups in total. The monoisotopic (exact) mass is 236 g/mol. The van der Waals surface area contributed by atoms with Gasteiger partial charge in [-0.2, -0.15) is 0 Å². The summed E-state index contributed by atoms with van der Waals surface area (Å²) >= 11 is 0. The van der Waals surface area contributed by atoms with Gasteiger partial charge >= 0.3 is 0 Å². The van der Waals surface area contributed by atoms with Gasteiger partial charge in [-0.25, -0.2) is 0 Å². The predicted octanol–water partition coefficient (Wildman–Crippen LogP) is 3.72. The molecule has 0 amide bonds. The average molecular weight is 236 g/mol. The van der Waals surface area contributed by atoms with E-state index in [-0.39, 0.29) is 0 Å². The van der Waals surface area contributed by atoms with Crippen molar-refractivity contribution < 1.29 is 0 Å². The van der Waals surface area contributed by atoms with Gasteiger partial charge in [-0.15, -0.1) is 0 Å². The Bertz CT molecular complexity index is 634. The fourth-order valence-corrected chi connectivity index (χ4v) is 2.38. The van der Waals surface area contributed by atoms with Crippen molar-refractivity contribution in [2.45, 2.75) is 19.8 Å². The highest BCUT2D eigenvalue weighted by Gasteiger charge is 2.05. The van der Waals surface area contributed by atoms with Crippen LogP contribution in [-0.2, 0) is 12.8 Å². The lowest BCUT2D eigenvalue weighted by molar-refractivity contribution is 0.968. The van der Waals surface area contributed by atoms with Crippen molar-refractivity contribution in [3.63, 3.8) is 0 Å². The fraction of sp³-hybridized carbons (Fsp3) is 0.188. The van der Waals surface area contributed by atoms with Crippen molar-refractivity contribution >= 4 is 10.9 Å². The number of fused-ring (bicyclic) bond motifs is 1. The Morgan fingerprint density at radius 1 is 1.11 bits per heavy atom. The van der Waals surface area contributed by atoms with Crippen LogP contribution in [0, 0.1) is 0 Å². The van der Waals surface area contributed by atoms with Crippen LogP contribution in [0.25, 0.3) is 10.9 Å². The second-order valence-electron chi connectivity index (χ2n) is 4.52. The van der Waals surface area contributed by atoms with E-state index < -0.39 is 0 Å². The molecule has 2 aromatic heterocycles. The van der Waals surface area contributed by atoms with E-state index >= 15 is 0 Å². The molecule has 0 bridgehead atoms. The van der Waals surface area contributed by atoms with Crippen molar-refractivity contribution in [3.05, 3.63) is 65.6 Å². The maximum Gasteiger partial charge on any atom is 0.0456 e. The summed E-state index contributed by atoms with van der Waals surface area (Å²) in [5, 5.41) is 1.27. The molecule has 0 radical (unpaired) electrons. The van der Waals surface area contributed by atoms with E-state index in [9.17, 15) is 0 Å². The van der Waals surface area contributed by atoms with E-state index in [1.165, 1.54) is 27.9 Å². The Kier molecular flexibility index (Phi) is 2.85. The van der Waals surface area contributed by atoms with Crippen LogP contribution in [0.15, 0.2) is 48.7 Å². The number of rotatable bonds is 3. The van der Waals surface area contributed by atoms with Gasteiger partial charge in [0.25, 0.3) is 0 Å². The minimum absolute atomic E-state index is 0.922. The first-order valence-corrected chi connectivity index (χ1v) is 6.36. The minimum atomic E-state index is 0.922. The standard InChI is InChI=1S/C16H16N2/c1-2-15-12(7-5-9-17-15)10-14-11-13-6-3-4-8-16(13)18-14/h3-9,11,18H,2,10H2,1H3. The molecule has 3 aromatic rings. The lowest BCUT2D eigenvalue weighted by Crippen LogP contribution is -1.97. The molecule has 3 rings (SSSR count). The first-order valence-electron chi connectivity index (χ1n) is 6.36. The molecule has 1 aromatic carbocycles. The summed E-state index contributed by atoms with van der Waals surface area (Å²) < 4.78 is 0. The zero-order chi connectivity index (χ0) is 12.4. The Balaban J connectivity index is 1.96. The molecule has 0 aliphatic heterocycles. The number of hydrogen-bond acceptors (Lipinski definition) is 1. The SMILES string of the molecule is CCc1ncccc1Cc1cc2ccccc2[nH]1. The van der Waals surface area contributed by atoms with Crippen LogP contribution in [0.1, 0.15) is 23.9 Å². The Labute approximate surface area is 107 Å². The van der Waals surface area contributed by atoms with Gasteiger partial charge < -0.3 is 4.98 Å². The number of nitrogens with one attached hydrogen (secondary N) is 1. The van der Waals surface area contributed by atoms with E-state index in [0.717, 1.165) is 12.8 Å². The van der Waals surface area contributed by atoms with E-state index in [4.69, 9.17) is 0 Å². The molecular formula is C16H16N2. The molecule has 0 saturated carbocycles. The molecule has 0 aliphatic rings. The summed E-state index contributed by atoms with van der Waals surface area (Å²) in [6.45, 7) is 2.15. The van der Waals surface area contributed by atoms with Crippen molar-refractivity contribution in [2.24, 2.45) is 0 Å². The number of para-hydroxylation sites is 1. The van der Waals surface area contributed by atoms with Crippen LogP contribution in [-0.4, -0.2) is 9.97 Å². The summed E-state index contributed by atoms with van der Waals surface area (Å²) in [7, 11) is 0. The number of aromatic amines is 1. The second kappa shape index (κ2) is 4.65. The van der Waals surface area contributed by atoms with E-state index in [1.807, 2.05) is 12.3 Å². The summed E-state index contributed by atoms with van der Waals surface area (Å²) in [5.41, 5.74) is 4.95. The number of H-pyrrole nitrogens is 1. The Morgan fingerprint density at radius 3 is 2.83 bits per heavy atom. The third-order valence-corrected chi connectivity index (χ3v) is 3.29. The van der Waals surface area contributed by atoms with Gasteiger partial charge in [0.2, 0.25) is 0 Å². The minimum Gasteiger partial charge on any atom is -0.358 e. The highest BCUT2D eigenvalue weighted by Crippen LogP contribution is 2.18. The third kappa shape index (κ3) is 2.02. The molecule has 2 heteroatoms. The van der Waals surface area contributed by atoms with Crippen LogP contribution < -0.4 is 0 Å². The molecule has 0 atom stereocenters. The van der Waals surface area contributed by atoms with Crippen molar-refractivity contribution in [1.82, 2.24) is 9.97 Å². The van der Waals surface area contributed by atoms with Crippen LogP contribution in [0.2, 0.25) is 0 Å². The molecule has 0 aliphatic carbocycles. The number of nitrogens with zero attached hydrogens (tertiary/aromatic N) is 1. The van der Waals surface area contributed by atoms with Gasteiger partial charge in [-0.1, -0.05) is 31.2 Å². The second-order valence-corrected chi connectivity index (χ2v) is 4.52. The van der Waals surface area contributed by atoms with E-state index in [2.05, 4.69) is 53.3 Å². The van der Waals surface area contributed by atoms with Gasteiger partial charge in [0.05, 0.1) is 0 Å². The molecule has 90 valence electrons. The largest absolute Gasteiger partial charge is 0.358 e. The van der Waals surface area contributed by atoms with Crippen molar-refractivity contribution in [1.29, 1.82) is 0 Å². The molecule has 0 fully saturated rings. The molecule has 2 heterocycles. The van der Waals surface area contributed by atoms with Gasteiger partial charge in [0.1, 0.15) is 0 Å². The first-order chi connectivity index (χ1) is 8.86. The molecule has 2 nitrogen and oxygen atoms in total. The highest BCUT2D eigenvalue weighted by atomic mass is 14.7. The predicted molar refractivity (Wildman–Crippen MR) is 74.7 cm³/mol. The maximum absolute atomic E-state index is 4.43. The lowest BCUT2D eigenvalue weighted by atomic mass is 10.1. The van der Waals surface area contributed by atoms with Crippen LogP contribution in [0.3, 0.4) is 0 Å². The third-order valence-electron chi connectivity index (χ3n) is 3.29. The number of pyridine rings is 1. The van der Waals surface area contributed by atoms with Crippen molar-refractivity contribution in [3.8, 4) is 0 Å². The quantitative estimate of drug-likeness (QED) is 0.737. The Hall–Kier alpha value is -2.09. The summed E-state index contributed by atoms with van der Waals surface area (Å²) in [4.78, 5) is 7.90. The van der Waals surface area contributed by atoms with Crippen LogP contribution >= 0.6 is 0 Å². The lowest BCUT2D eigenvalue weighted by Gasteiger charge is -2.04. The molecule has 18 heavy (non-hydrogen) atoms. The molecule has 0 spiro atoms. The number of benzene rings is 1. The summed E-state index contributed by atoms with van der Waals surface area (Å²) in [5.74, 6) is 0. The topological polar surface area (TPSA) is 28.7 Å². The van der Waals surface area contributed by atoms with E-state index in [1.54, 1.807) is 0 Å². The summed E-state index contributed by atoms with van der Waals surface area (Å²) in [6.07, 6.45) is 3.77. The number of hydrogen-bond donors (Lipinski definition) is 1. The summed E-state index contributed by atoms with van der Waals surface area (Å²) in [6, 6.07) is 14.8. The number of aromatic nitrogens is 2. The molecular weight excluding hydrogens is 220 g/mol. The fourth-order valence-electron chi connectivity index (χ4n) is 2.38. The van der Waals surface area contributed by atoms with Crippen LogP contribution in [0.4, 0.5) is 0 Å². The zero-order valence-electron chi connectivity index (χ0n) is 10.5. The molecule has 0 unspecified atom stereocenters. The number of aryl methyl sites for hydroxylation is 1. The smallest absolute Gasteiger partial charge is 0.0456 e. The maximum atomic E-state index is 4.43. The van der Waals surface area contributed by atoms with Gasteiger partial charge in [-0.05, 0) is 35.6 Å². The normalized spacial score (nSPS) is 10.9. The van der Waals surface area contributed by atoms with Gasteiger partial charge in [0.15, 0.2) is 0 Å². The van der Waals surface area contributed by atoms with E-state index in [0.29, 0.717) is 0 Å². The molecule has 0 saturated heterocycles. The zero-order valence-corrected chi connectivity index (χ0v) is 10.5.